The van der Waals surface area contributed by atoms with E-state index in [0.717, 1.165) is 64.9 Å². The topological polar surface area (TPSA) is 218 Å². The van der Waals surface area contributed by atoms with Crippen LogP contribution < -0.4 is 16.4 Å². The van der Waals surface area contributed by atoms with E-state index in [1.807, 2.05) is 61.2 Å². The van der Waals surface area contributed by atoms with Crippen LogP contribution in [0.2, 0.25) is 0 Å². The fourth-order valence-corrected chi connectivity index (χ4v) is 7.86. The van der Waals surface area contributed by atoms with Crippen LogP contribution in [0.5, 0.6) is 0 Å². The lowest BCUT2D eigenvalue weighted by atomic mass is 10.0. The van der Waals surface area contributed by atoms with Gasteiger partial charge in [-0.1, -0.05) is 37.8 Å². The van der Waals surface area contributed by atoms with Crippen molar-refractivity contribution in [3.8, 4) is 23.1 Å². The number of imidazole rings is 2. The molecule has 1 spiro atoms. The van der Waals surface area contributed by atoms with Crippen LogP contribution in [0.3, 0.4) is 0 Å². The average molecular weight is 778 g/mol. The van der Waals surface area contributed by atoms with Crippen molar-refractivity contribution in [2.45, 2.75) is 76.5 Å². The Morgan fingerprint density at radius 1 is 0.912 bits per heavy atom. The highest BCUT2D eigenvalue weighted by atomic mass is 16.5. The number of fused-ring (bicyclic) bond motifs is 1. The summed E-state index contributed by atoms with van der Waals surface area (Å²) < 4.78 is 9.42. The van der Waals surface area contributed by atoms with E-state index in [4.69, 9.17) is 15.5 Å². The third-order valence-corrected chi connectivity index (χ3v) is 11.1. The van der Waals surface area contributed by atoms with Gasteiger partial charge in [-0.2, -0.15) is 0 Å². The number of nitrogens with two attached hydrogens (primary N) is 1. The lowest BCUT2D eigenvalue weighted by Gasteiger charge is -2.30. The van der Waals surface area contributed by atoms with Gasteiger partial charge in [-0.15, -0.1) is 0 Å². The van der Waals surface area contributed by atoms with Crippen molar-refractivity contribution in [2.75, 3.05) is 27.3 Å². The molecule has 5 amide bonds. The molecule has 4 atom stereocenters. The smallest absolute Gasteiger partial charge is 0.407 e. The Balaban J connectivity index is 1.03. The lowest BCUT2D eigenvalue weighted by molar-refractivity contribution is -0.136. The van der Waals surface area contributed by atoms with Crippen LogP contribution >= 0.6 is 0 Å². The zero-order chi connectivity index (χ0) is 40.4. The van der Waals surface area contributed by atoms with Gasteiger partial charge in [0.15, 0.2) is 0 Å². The molecule has 0 bridgehead atoms. The van der Waals surface area contributed by atoms with Gasteiger partial charge in [-0.25, -0.2) is 19.6 Å². The van der Waals surface area contributed by atoms with Gasteiger partial charge in [0.25, 0.3) is 0 Å². The van der Waals surface area contributed by atoms with Crippen molar-refractivity contribution in [1.82, 2.24) is 40.4 Å². The minimum atomic E-state index is -1.14. The first-order chi connectivity index (χ1) is 27.4. The first kappa shape index (κ1) is 38.9. The summed E-state index contributed by atoms with van der Waals surface area (Å²) >= 11 is 0. The number of carbonyl (C=O) groups excluding carboxylic acids is 5. The number of nitrogens with one attached hydrogen (secondary N) is 4. The maximum atomic E-state index is 13.9. The number of alkyl carbamates (subject to hydrolysis) is 2. The minimum absolute atomic E-state index is 0.0966. The molecule has 0 unspecified atom stereocenters. The zero-order valence-electron chi connectivity index (χ0n) is 32.4. The summed E-state index contributed by atoms with van der Waals surface area (Å²) in [5, 5.41) is 5.15. The van der Waals surface area contributed by atoms with Crippen LogP contribution in [-0.4, -0.2) is 99.0 Å². The highest BCUT2D eigenvalue weighted by molar-refractivity contribution is 5.91. The maximum absolute atomic E-state index is 13.9. The number of H-pyrrole nitrogens is 2. The number of hydrogen-bond donors (Lipinski definition) is 5. The van der Waals surface area contributed by atoms with Crippen LogP contribution in [0.15, 0.2) is 48.7 Å². The molecular weight excluding hydrogens is 731 g/mol. The van der Waals surface area contributed by atoms with Crippen molar-refractivity contribution in [1.29, 1.82) is 0 Å². The monoisotopic (exact) mass is 777 g/mol. The van der Waals surface area contributed by atoms with E-state index in [1.54, 1.807) is 11.1 Å². The first-order valence-corrected chi connectivity index (χ1v) is 19.1. The average Bonchev–Trinajstić information content (AvgIpc) is 3.69. The number of hydrogen-bond acceptors (Lipinski definition) is 9. The Hall–Kier alpha value is -6.37. The van der Waals surface area contributed by atoms with E-state index in [1.165, 1.54) is 14.2 Å². The Labute approximate surface area is 329 Å². The molecule has 1 aliphatic carbocycles. The normalized spacial score (nSPS) is 19.2. The molecule has 2 aliphatic heterocycles. The van der Waals surface area contributed by atoms with Gasteiger partial charge in [0, 0.05) is 24.2 Å². The van der Waals surface area contributed by atoms with E-state index in [-0.39, 0.29) is 35.7 Å². The van der Waals surface area contributed by atoms with Crippen molar-refractivity contribution in [3.05, 3.63) is 71.4 Å². The summed E-state index contributed by atoms with van der Waals surface area (Å²) in [6, 6.07) is 11.1. The lowest BCUT2D eigenvalue weighted by Crippen LogP contribution is -2.51. The first-order valence-electron chi connectivity index (χ1n) is 19.1. The number of nitrogens with zero attached hydrogens (tertiary/aromatic N) is 4. The predicted molar refractivity (Wildman–Crippen MR) is 208 cm³/mol. The summed E-state index contributed by atoms with van der Waals surface area (Å²) in [7, 11) is 2.47. The molecule has 7 rings (SSSR count). The second-order valence-corrected chi connectivity index (χ2v) is 15.5. The van der Waals surface area contributed by atoms with Crippen LogP contribution in [0.4, 0.5) is 9.59 Å². The molecule has 298 valence electrons. The second-order valence-electron chi connectivity index (χ2n) is 15.5. The van der Waals surface area contributed by atoms with Gasteiger partial charge in [0.2, 0.25) is 17.7 Å². The van der Waals surface area contributed by atoms with Crippen molar-refractivity contribution in [3.63, 3.8) is 0 Å². The maximum Gasteiger partial charge on any atom is 0.407 e. The zero-order valence-corrected chi connectivity index (χ0v) is 32.4. The molecular formula is C41H47N9O7. The van der Waals surface area contributed by atoms with Gasteiger partial charge in [0.1, 0.15) is 23.7 Å². The van der Waals surface area contributed by atoms with Crippen LogP contribution in [0.25, 0.3) is 22.3 Å². The van der Waals surface area contributed by atoms with Crippen molar-refractivity contribution >= 4 is 40.9 Å². The highest BCUT2D eigenvalue weighted by Crippen LogP contribution is 2.58. The Bertz CT molecular complexity index is 2250. The molecule has 57 heavy (non-hydrogen) atoms. The number of primary amides is 1. The SMILES string of the molecule is COC(=O)N[C@@H](CC(N)=O)C(=O)N1CCC[C@H]1c1ncc(-c2ccc(C#Cc3ccc4nc([C@@H]5CC6(CC6)CN5C(=O)[C@@H](NC(=O)OC)C(C)C)[nH]c4c3)cc2)[nH]1. The molecule has 1 saturated carbocycles. The second kappa shape index (κ2) is 16.0. The number of methoxy groups -OCH3 is 2. The number of benzene rings is 2. The number of aromatic nitrogens is 4. The minimum Gasteiger partial charge on any atom is -0.453 e. The van der Waals surface area contributed by atoms with Crippen LogP contribution in [0, 0.1) is 23.2 Å². The van der Waals surface area contributed by atoms with Gasteiger partial charge in [0.05, 0.1) is 55.6 Å². The third-order valence-electron chi connectivity index (χ3n) is 11.1. The van der Waals surface area contributed by atoms with E-state index in [9.17, 15) is 24.0 Å². The van der Waals surface area contributed by atoms with E-state index in [2.05, 4.69) is 42.2 Å². The third kappa shape index (κ3) is 8.42. The summed E-state index contributed by atoms with van der Waals surface area (Å²) in [6.45, 7) is 4.89. The summed E-state index contributed by atoms with van der Waals surface area (Å²) in [5.74, 6) is 6.40. The molecule has 16 heteroatoms. The molecule has 3 aliphatic rings. The van der Waals surface area contributed by atoms with Gasteiger partial charge in [-0.05, 0) is 79.3 Å². The Morgan fingerprint density at radius 2 is 1.61 bits per heavy atom. The predicted octanol–water partition coefficient (Wildman–Crippen LogP) is 4.05. The standard InChI is InChI=1S/C41H47N9O7/c1-23(2)34(48-40(55)57-4)38(53)50-22-41(15-16-41)20-32(50)36-44-27-14-11-25(18-28(27)45-36)8-7-24-9-12-26(13-10-24)30-21-43-35(46-30)31-6-5-17-49(31)37(52)29(19-33(42)51)47-39(54)56-3/h9-14,18,21,23,29,31-32,34H,5-6,15-17,19-20,22H2,1-4H3,(H2,42,51)(H,43,46)(H,44,45)(H,47,54)(H,48,55)/t29-,31-,32-,34-/m0/s1. The molecule has 2 aromatic heterocycles. The molecule has 16 nitrogen and oxygen atoms in total. The van der Waals surface area contributed by atoms with Gasteiger partial charge >= 0.3 is 12.2 Å². The van der Waals surface area contributed by atoms with Crippen LogP contribution in [-0.2, 0) is 23.9 Å². The number of rotatable bonds is 10. The molecule has 2 aromatic carbocycles. The number of carbonyl (C=O) groups is 5. The molecule has 3 fully saturated rings. The largest absolute Gasteiger partial charge is 0.453 e. The number of likely N-dealkylation sites (tertiary alicyclic amines) is 2. The number of amides is 5. The van der Waals surface area contributed by atoms with E-state index >= 15 is 0 Å². The van der Waals surface area contributed by atoms with E-state index < -0.39 is 36.1 Å². The molecule has 4 aromatic rings. The number of aromatic amines is 2. The van der Waals surface area contributed by atoms with Gasteiger partial charge in [-0.3, -0.25) is 14.4 Å². The molecule has 2 saturated heterocycles. The number of ether oxygens (including phenoxy) is 2. The van der Waals surface area contributed by atoms with Gasteiger partial charge < -0.3 is 45.6 Å². The van der Waals surface area contributed by atoms with Crippen LogP contribution in [0.1, 0.15) is 87.2 Å². The highest BCUT2D eigenvalue weighted by Gasteiger charge is 2.55. The Morgan fingerprint density at radius 3 is 2.30 bits per heavy atom. The van der Waals surface area contributed by atoms with E-state index in [0.29, 0.717) is 25.3 Å². The fourth-order valence-electron chi connectivity index (χ4n) is 7.86. The quantitative estimate of drug-likeness (QED) is 0.147. The Kier molecular flexibility index (Phi) is 10.9. The molecule has 0 radical (unpaired) electrons. The fraction of sp³-hybridized carbons (Fsp3) is 0.439. The van der Waals surface area contributed by atoms with Crippen molar-refractivity contribution < 1.29 is 33.4 Å². The summed E-state index contributed by atoms with van der Waals surface area (Å²) in [4.78, 5) is 82.6. The van der Waals surface area contributed by atoms with Crippen molar-refractivity contribution in [2.24, 2.45) is 17.1 Å². The molecule has 4 heterocycles. The molecule has 6 N–H and O–H groups in total. The summed E-state index contributed by atoms with van der Waals surface area (Å²) in [6.07, 6.45) is 4.24. The summed E-state index contributed by atoms with van der Waals surface area (Å²) in [5.41, 5.74) is 10.3.